The van der Waals surface area contributed by atoms with E-state index in [-0.39, 0.29) is 23.3 Å². The zero-order chi connectivity index (χ0) is 20.8. The Labute approximate surface area is 173 Å². The number of carboxylic acid groups (broad SMARTS) is 1. The molecule has 0 radical (unpaired) electrons. The van der Waals surface area contributed by atoms with Crippen LogP contribution in [0.25, 0.3) is 0 Å². The monoisotopic (exact) mass is 413 g/mol. The molecule has 1 heterocycles. The van der Waals surface area contributed by atoms with Gasteiger partial charge in [0.05, 0.1) is 11.8 Å². The summed E-state index contributed by atoms with van der Waals surface area (Å²) in [6.07, 6.45) is 2.59. The highest BCUT2D eigenvalue weighted by Crippen LogP contribution is 2.20. The van der Waals surface area contributed by atoms with Gasteiger partial charge in [0.25, 0.3) is 5.91 Å². The van der Waals surface area contributed by atoms with E-state index >= 15 is 0 Å². The highest BCUT2D eigenvalue weighted by atomic mass is 35.5. The molecule has 29 heavy (non-hydrogen) atoms. The van der Waals surface area contributed by atoms with E-state index in [0.717, 1.165) is 0 Å². The lowest BCUT2D eigenvalue weighted by Gasteiger charge is -2.31. The lowest BCUT2D eigenvalue weighted by molar-refractivity contribution is -0.126. The highest BCUT2D eigenvalue weighted by molar-refractivity contribution is 6.30. The molecule has 3 rings (SSSR count). The number of carbonyl (C=O) groups is 3. The largest absolute Gasteiger partial charge is 0.478 e. The number of nitrogens with one attached hydrogen (secondary N) is 1. The molecule has 0 bridgehead atoms. The van der Waals surface area contributed by atoms with E-state index in [2.05, 4.69) is 10.5 Å². The minimum absolute atomic E-state index is 0.0663. The SMILES string of the molecule is O=C(O)c1ccc(C=NNC(=O)C2CCN(C(=O)c3ccc(Cl)cc3)CC2)cc1. The Morgan fingerprint density at radius 3 is 2.17 bits per heavy atom. The topological polar surface area (TPSA) is 99.1 Å². The van der Waals surface area contributed by atoms with Gasteiger partial charge in [-0.15, -0.1) is 0 Å². The fourth-order valence-electron chi connectivity index (χ4n) is 3.09. The molecule has 0 unspecified atom stereocenters. The Hall–Kier alpha value is -3.19. The Morgan fingerprint density at radius 2 is 1.59 bits per heavy atom. The molecule has 150 valence electrons. The first-order valence-electron chi connectivity index (χ1n) is 9.15. The van der Waals surface area contributed by atoms with Crippen molar-refractivity contribution in [2.75, 3.05) is 13.1 Å². The molecule has 0 atom stereocenters. The van der Waals surface area contributed by atoms with Gasteiger partial charge >= 0.3 is 5.97 Å². The first-order chi connectivity index (χ1) is 13.9. The number of likely N-dealkylation sites (tertiary alicyclic amines) is 1. The standard InChI is InChI=1S/C21H20ClN3O4/c22-18-7-5-16(6-8-18)20(27)25-11-9-15(10-12-25)19(26)24-23-13-14-1-3-17(4-2-14)21(28)29/h1-8,13,15H,9-12H2,(H,24,26)(H,28,29). The number of hydrogen-bond donors (Lipinski definition) is 2. The minimum atomic E-state index is -0.998. The van der Waals surface area contributed by atoms with Gasteiger partial charge in [-0.05, 0) is 54.8 Å². The number of carboxylic acids is 1. The highest BCUT2D eigenvalue weighted by Gasteiger charge is 2.27. The predicted octanol–water partition coefficient (Wildman–Crippen LogP) is 3.04. The van der Waals surface area contributed by atoms with Crippen LogP contribution >= 0.6 is 11.6 Å². The molecule has 1 aliphatic heterocycles. The molecule has 0 aromatic heterocycles. The number of aromatic carboxylic acids is 1. The van der Waals surface area contributed by atoms with E-state index in [1.54, 1.807) is 41.3 Å². The van der Waals surface area contributed by atoms with Gasteiger partial charge in [0.15, 0.2) is 0 Å². The molecule has 0 spiro atoms. The Kier molecular flexibility index (Phi) is 6.61. The minimum Gasteiger partial charge on any atom is -0.478 e. The van der Waals surface area contributed by atoms with Crippen molar-refractivity contribution in [3.8, 4) is 0 Å². The molecule has 1 saturated heterocycles. The number of hydrogen-bond acceptors (Lipinski definition) is 4. The van der Waals surface area contributed by atoms with Gasteiger partial charge in [-0.3, -0.25) is 9.59 Å². The summed E-state index contributed by atoms with van der Waals surface area (Å²) in [5.41, 5.74) is 3.96. The molecule has 0 aliphatic carbocycles. The van der Waals surface area contributed by atoms with Gasteiger partial charge in [0, 0.05) is 29.6 Å². The van der Waals surface area contributed by atoms with E-state index in [1.165, 1.54) is 18.3 Å². The maximum Gasteiger partial charge on any atom is 0.335 e. The van der Waals surface area contributed by atoms with Crippen molar-refractivity contribution in [1.82, 2.24) is 10.3 Å². The lowest BCUT2D eigenvalue weighted by Crippen LogP contribution is -2.42. The molecule has 0 saturated carbocycles. The van der Waals surface area contributed by atoms with Crippen LogP contribution in [0.1, 0.15) is 39.1 Å². The smallest absolute Gasteiger partial charge is 0.335 e. The number of halogens is 1. The van der Waals surface area contributed by atoms with Crippen molar-refractivity contribution in [2.45, 2.75) is 12.8 Å². The molecule has 1 fully saturated rings. The van der Waals surface area contributed by atoms with E-state index in [0.29, 0.717) is 42.1 Å². The summed E-state index contributed by atoms with van der Waals surface area (Å²) < 4.78 is 0. The summed E-state index contributed by atoms with van der Waals surface area (Å²) in [5.74, 6) is -1.47. The molecule has 1 aliphatic rings. The molecule has 2 N–H and O–H groups in total. The maximum atomic E-state index is 12.5. The summed E-state index contributed by atoms with van der Waals surface area (Å²) in [5, 5.41) is 13.4. The Morgan fingerprint density at radius 1 is 1.00 bits per heavy atom. The summed E-state index contributed by atoms with van der Waals surface area (Å²) in [7, 11) is 0. The Balaban J connectivity index is 1.47. The molecular formula is C21H20ClN3O4. The molecule has 8 heteroatoms. The van der Waals surface area contributed by atoms with E-state index in [1.807, 2.05) is 0 Å². The molecule has 2 aromatic carbocycles. The zero-order valence-electron chi connectivity index (χ0n) is 15.5. The van der Waals surface area contributed by atoms with Crippen LogP contribution in [0.15, 0.2) is 53.6 Å². The van der Waals surface area contributed by atoms with Gasteiger partial charge < -0.3 is 10.0 Å². The number of carbonyl (C=O) groups excluding carboxylic acids is 2. The lowest BCUT2D eigenvalue weighted by atomic mass is 9.95. The predicted molar refractivity (Wildman–Crippen MR) is 109 cm³/mol. The summed E-state index contributed by atoms with van der Waals surface area (Å²) in [6.45, 7) is 1.000. The van der Waals surface area contributed by atoms with E-state index in [4.69, 9.17) is 16.7 Å². The number of piperidine rings is 1. The third-order valence-electron chi connectivity index (χ3n) is 4.79. The van der Waals surface area contributed by atoms with Crippen molar-refractivity contribution in [2.24, 2.45) is 11.0 Å². The zero-order valence-corrected chi connectivity index (χ0v) is 16.3. The molecular weight excluding hydrogens is 394 g/mol. The summed E-state index contributed by atoms with van der Waals surface area (Å²) >= 11 is 5.85. The van der Waals surface area contributed by atoms with Crippen LogP contribution in [0.5, 0.6) is 0 Å². The number of rotatable bonds is 5. The van der Waals surface area contributed by atoms with Crippen LogP contribution in [0.2, 0.25) is 5.02 Å². The first-order valence-corrected chi connectivity index (χ1v) is 9.53. The number of benzene rings is 2. The summed E-state index contributed by atoms with van der Waals surface area (Å²) in [4.78, 5) is 37.4. The molecule has 2 amide bonds. The van der Waals surface area contributed by atoms with Crippen molar-refractivity contribution in [3.63, 3.8) is 0 Å². The second-order valence-corrected chi connectivity index (χ2v) is 7.17. The van der Waals surface area contributed by atoms with Crippen molar-refractivity contribution < 1.29 is 19.5 Å². The van der Waals surface area contributed by atoms with Gasteiger partial charge in [0.2, 0.25) is 5.91 Å². The summed E-state index contributed by atoms with van der Waals surface area (Å²) in [6, 6.07) is 12.9. The normalized spacial score (nSPS) is 14.7. The van der Waals surface area contributed by atoms with E-state index in [9.17, 15) is 14.4 Å². The van der Waals surface area contributed by atoms with E-state index < -0.39 is 5.97 Å². The van der Waals surface area contributed by atoms with Crippen LogP contribution in [0, 0.1) is 5.92 Å². The van der Waals surface area contributed by atoms with Crippen LogP contribution < -0.4 is 5.43 Å². The first kappa shape index (κ1) is 20.5. The average Bonchev–Trinajstić information content (AvgIpc) is 2.74. The van der Waals surface area contributed by atoms with Gasteiger partial charge in [0.1, 0.15) is 0 Å². The van der Waals surface area contributed by atoms with Crippen molar-refractivity contribution >= 4 is 35.6 Å². The van der Waals surface area contributed by atoms with Crippen LogP contribution in [-0.2, 0) is 4.79 Å². The molecule has 7 nitrogen and oxygen atoms in total. The van der Waals surface area contributed by atoms with Crippen LogP contribution in [0.3, 0.4) is 0 Å². The fraction of sp³-hybridized carbons (Fsp3) is 0.238. The van der Waals surface area contributed by atoms with Gasteiger partial charge in [-0.25, -0.2) is 10.2 Å². The van der Waals surface area contributed by atoms with Gasteiger partial charge in [-0.2, -0.15) is 5.10 Å². The average molecular weight is 414 g/mol. The van der Waals surface area contributed by atoms with Crippen LogP contribution in [0.4, 0.5) is 0 Å². The third-order valence-corrected chi connectivity index (χ3v) is 5.04. The molecule has 2 aromatic rings. The van der Waals surface area contributed by atoms with Crippen molar-refractivity contribution in [3.05, 3.63) is 70.2 Å². The second-order valence-electron chi connectivity index (χ2n) is 6.73. The Bertz CT molecular complexity index is 918. The number of nitrogens with zero attached hydrogens (tertiary/aromatic N) is 2. The van der Waals surface area contributed by atoms with Gasteiger partial charge in [-0.1, -0.05) is 23.7 Å². The number of hydrazone groups is 1. The number of amides is 2. The van der Waals surface area contributed by atoms with Crippen molar-refractivity contribution in [1.29, 1.82) is 0 Å². The van der Waals surface area contributed by atoms with Crippen LogP contribution in [-0.4, -0.2) is 47.1 Å². The fourth-order valence-corrected chi connectivity index (χ4v) is 3.22. The quantitative estimate of drug-likeness (QED) is 0.581. The third kappa shape index (κ3) is 5.42. The maximum absolute atomic E-state index is 12.5. The second kappa shape index (κ2) is 9.34.